The van der Waals surface area contributed by atoms with Crippen molar-refractivity contribution in [1.29, 1.82) is 0 Å². The standard InChI is InChI=1S/C21H28N2O2.2C2HF3O2/c1-16-5-4-6-19(22-16)15-23-12-11-21(25-3)18(14-23)13-17-7-9-20(24-2)10-8-17;2*3-2(4,5)1(6)7/h4-10,18,21H,11-15H2,1-3H3;2*(H,6,7)/t18-,21-;;/m0../s1. The lowest BCUT2D eigenvalue weighted by molar-refractivity contribution is -0.193. The zero-order valence-electron chi connectivity index (χ0n) is 21.4. The summed E-state index contributed by atoms with van der Waals surface area (Å²) in [4.78, 5) is 24.9. The maximum absolute atomic E-state index is 10.6. The molecule has 2 heterocycles. The Kier molecular flexibility index (Phi) is 13.2. The molecule has 0 unspecified atom stereocenters. The van der Waals surface area contributed by atoms with Gasteiger partial charge in [0.05, 0.1) is 18.9 Å². The van der Waals surface area contributed by atoms with E-state index >= 15 is 0 Å². The second kappa shape index (κ2) is 15.3. The molecule has 1 aromatic carbocycles. The highest BCUT2D eigenvalue weighted by Gasteiger charge is 2.39. The molecule has 3 rings (SSSR count). The molecule has 0 amide bonds. The molecule has 1 aliphatic rings. The Labute approximate surface area is 221 Å². The van der Waals surface area contributed by atoms with E-state index in [2.05, 4.69) is 34.1 Å². The molecule has 2 aromatic rings. The van der Waals surface area contributed by atoms with Crippen molar-refractivity contribution in [2.45, 2.75) is 44.8 Å². The van der Waals surface area contributed by atoms with E-state index in [0.29, 0.717) is 12.0 Å². The number of carbonyl (C=O) groups is 2. The number of ether oxygens (including phenoxy) is 2. The number of alkyl halides is 6. The molecule has 1 aliphatic heterocycles. The van der Waals surface area contributed by atoms with Gasteiger partial charge in [0.25, 0.3) is 0 Å². The van der Waals surface area contributed by atoms with E-state index in [0.717, 1.165) is 49.6 Å². The number of piperidine rings is 1. The van der Waals surface area contributed by atoms with Crippen LogP contribution in [0.25, 0.3) is 0 Å². The SMILES string of the molecule is COc1ccc(C[C@H]2CN(Cc3cccc(C)n3)CC[C@@H]2OC)cc1.O=C(O)C(F)(F)F.O=C(O)C(F)(F)F. The van der Waals surface area contributed by atoms with Crippen molar-refractivity contribution in [2.75, 3.05) is 27.3 Å². The third-order valence-corrected chi connectivity index (χ3v) is 5.52. The highest BCUT2D eigenvalue weighted by molar-refractivity contribution is 5.73. The summed E-state index contributed by atoms with van der Waals surface area (Å²) in [5.74, 6) is -4.11. The van der Waals surface area contributed by atoms with Crippen LogP contribution in [-0.4, -0.2) is 77.8 Å². The first-order chi connectivity index (χ1) is 18.1. The fourth-order valence-corrected chi connectivity index (χ4v) is 3.72. The number of halogens is 6. The second-order valence-corrected chi connectivity index (χ2v) is 8.49. The van der Waals surface area contributed by atoms with Crippen LogP contribution in [0, 0.1) is 12.8 Å². The van der Waals surface area contributed by atoms with Crippen LogP contribution >= 0.6 is 0 Å². The van der Waals surface area contributed by atoms with E-state index in [9.17, 15) is 26.3 Å². The van der Waals surface area contributed by atoms with Gasteiger partial charge in [-0.2, -0.15) is 26.3 Å². The van der Waals surface area contributed by atoms with Crippen LogP contribution in [0.1, 0.15) is 23.4 Å². The predicted octanol–water partition coefficient (Wildman–Crippen LogP) is 4.74. The van der Waals surface area contributed by atoms with Crippen molar-refractivity contribution in [1.82, 2.24) is 9.88 Å². The molecule has 1 fully saturated rings. The first kappa shape index (κ1) is 33.6. The van der Waals surface area contributed by atoms with E-state index < -0.39 is 24.3 Å². The zero-order chi connectivity index (χ0) is 29.8. The van der Waals surface area contributed by atoms with Gasteiger partial charge in [0.15, 0.2) is 0 Å². The Morgan fingerprint density at radius 2 is 1.51 bits per heavy atom. The number of aromatic nitrogens is 1. The van der Waals surface area contributed by atoms with Crippen LogP contribution in [-0.2, 0) is 27.3 Å². The van der Waals surface area contributed by atoms with Gasteiger partial charge in [-0.25, -0.2) is 9.59 Å². The number of hydrogen-bond donors (Lipinski definition) is 2. The molecular formula is C25H30F6N2O6. The molecule has 1 aromatic heterocycles. The third kappa shape index (κ3) is 12.8. The minimum absolute atomic E-state index is 0.323. The molecule has 2 N–H and O–H groups in total. The van der Waals surface area contributed by atoms with Gasteiger partial charge < -0.3 is 19.7 Å². The zero-order valence-corrected chi connectivity index (χ0v) is 21.4. The molecule has 0 radical (unpaired) electrons. The van der Waals surface area contributed by atoms with E-state index in [1.165, 1.54) is 5.56 Å². The molecule has 0 spiro atoms. The summed E-state index contributed by atoms with van der Waals surface area (Å²) in [7, 11) is 3.54. The molecule has 1 saturated heterocycles. The largest absolute Gasteiger partial charge is 0.497 e. The lowest BCUT2D eigenvalue weighted by Gasteiger charge is -2.38. The van der Waals surface area contributed by atoms with Gasteiger partial charge in [-0.3, -0.25) is 9.88 Å². The number of aliphatic carboxylic acids is 2. The number of benzene rings is 1. The lowest BCUT2D eigenvalue weighted by atomic mass is 9.88. The van der Waals surface area contributed by atoms with E-state index in [1.54, 1.807) is 7.11 Å². The number of pyridine rings is 1. The Bertz CT molecular complexity index is 1020. The second-order valence-electron chi connectivity index (χ2n) is 8.49. The van der Waals surface area contributed by atoms with Gasteiger partial charge >= 0.3 is 24.3 Å². The number of hydrogen-bond acceptors (Lipinski definition) is 6. The summed E-state index contributed by atoms with van der Waals surface area (Å²) < 4.78 is 74.5. The highest BCUT2D eigenvalue weighted by atomic mass is 19.4. The van der Waals surface area contributed by atoms with Gasteiger partial charge in [-0.15, -0.1) is 0 Å². The molecule has 8 nitrogen and oxygen atoms in total. The van der Waals surface area contributed by atoms with Gasteiger partial charge in [-0.1, -0.05) is 18.2 Å². The van der Waals surface area contributed by atoms with Gasteiger partial charge in [-0.05, 0) is 49.6 Å². The summed E-state index contributed by atoms with van der Waals surface area (Å²) in [6.07, 6.45) is -7.74. The van der Waals surface area contributed by atoms with Crippen molar-refractivity contribution in [3.05, 3.63) is 59.4 Å². The Hall–Kier alpha value is -3.39. The lowest BCUT2D eigenvalue weighted by Crippen LogP contribution is -2.44. The fraction of sp³-hybridized carbons (Fsp3) is 0.480. The van der Waals surface area contributed by atoms with Crippen LogP contribution in [0.4, 0.5) is 26.3 Å². The number of carboxylic acid groups (broad SMARTS) is 2. The van der Waals surface area contributed by atoms with Crippen molar-refractivity contribution in [3.63, 3.8) is 0 Å². The summed E-state index contributed by atoms with van der Waals surface area (Å²) >= 11 is 0. The molecular weight excluding hydrogens is 538 g/mol. The summed E-state index contributed by atoms with van der Waals surface area (Å²) in [6.45, 7) is 5.07. The van der Waals surface area contributed by atoms with E-state index in [1.807, 2.05) is 32.2 Å². The molecule has 0 saturated carbocycles. The average Bonchev–Trinajstić information content (AvgIpc) is 2.84. The van der Waals surface area contributed by atoms with Crippen molar-refractivity contribution in [2.24, 2.45) is 5.92 Å². The molecule has 2 atom stereocenters. The van der Waals surface area contributed by atoms with Crippen LogP contribution < -0.4 is 4.74 Å². The van der Waals surface area contributed by atoms with Crippen LogP contribution in [0.3, 0.4) is 0 Å². The first-order valence-electron chi connectivity index (χ1n) is 11.5. The highest BCUT2D eigenvalue weighted by Crippen LogP contribution is 2.25. The minimum atomic E-state index is -5.08. The molecule has 0 bridgehead atoms. The maximum atomic E-state index is 10.6. The Balaban J connectivity index is 0.000000449. The molecule has 218 valence electrons. The minimum Gasteiger partial charge on any atom is -0.497 e. The molecule has 39 heavy (non-hydrogen) atoms. The summed E-state index contributed by atoms with van der Waals surface area (Å²) in [5, 5.41) is 14.2. The average molecular weight is 569 g/mol. The van der Waals surface area contributed by atoms with Crippen molar-refractivity contribution < 1.29 is 55.6 Å². The van der Waals surface area contributed by atoms with Crippen LogP contribution in [0.2, 0.25) is 0 Å². The Morgan fingerprint density at radius 1 is 0.974 bits per heavy atom. The third-order valence-electron chi connectivity index (χ3n) is 5.52. The van der Waals surface area contributed by atoms with Crippen LogP contribution in [0.15, 0.2) is 42.5 Å². The molecule has 14 heteroatoms. The summed E-state index contributed by atoms with van der Waals surface area (Å²) in [6, 6.07) is 14.7. The first-order valence-corrected chi connectivity index (χ1v) is 11.5. The Morgan fingerprint density at radius 3 is 1.95 bits per heavy atom. The quantitative estimate of drug-likeness (QED) is 0.481. The normalized spacial score (nSPS) is 17.7. The topological polar surface area (TPSA) is 109 Å². The maximum Gasteiger partial charge on any atom is 0.490 e. The fourth-order valence-electron chi connectivity index (χ4n) is 3.72. The van der Waals surface area contributed by atoms with Crippen molar-refractivity contribution in [3.8, 4) is 5.75 Å². The number of nitrogens with zero attached hydrogens (tertiary/aromatic N) is 2. The van der Waals surface area contributed by atoms with Gasteiger partial charge in [0, 0.05) is 38.4 Å². The number of methoxy groups -OCH3 is 2. The van der Waals surface area contributed by atoms with Gasteiger partial charge in [0.1, 0.15) is 5.75 Å². The van der Waals surface area contributed by atoms with Crippen LogP contribution in [0.5, 0.6) is 5.75 Å². The number of aryl methyl sites for hydroxylation is 1. The van der Waals surface area contributed by atoms with E-state index in [-0.39, 0.29) is 0 Å². The molecule has 0 aliphatic carbocycles. The number of carboxylic acids is 2. The van der Waals surface area contributed by atoms with Gasteiger partial charge in [0.2, 0.25) is 0 Å². The monoisotopic (exact) mass is 568 g/mol. The summed E-state index contributed by atoms with van der Waals surface area (Å²) in [5.41, 5.74) is 3.57. The predicted molar refractivity (Wildman–Crippen MR) is 127 cm³/mol. The number of rotatable bonds is 6. The number of likely N-dealkylation sites (tertiary alicyclic amines) is 1. The smallest absolute Gasteiger partial charge is 0.490 e. The van der Waals surface area contributed by atoms with Crippen molar-refractivity contribution >= 4 is 11.9 Å². The van der Waals surface area contributed by atoms with E-state index in [4.69, 9.17) is 29.3 Å².